The minimum Gasteiger partial charge on any atom is -0.480 e. The maximum absolute atomic E-state index is 12.8. The van der Waals surface area contributed by atoms with E-state index in [2.05, 4.69) is 0 Å². The predicted octanol–water partition coefficient (Wildman–Crippen LogP) is 1.13. The Hall–Kier alpha value is -2.41. The van der Waals surface area contributed by atoms with Crippen molar-refractivity contribution in [2.45, 2.75) is 20.3 Å². The molecule has 1 aliphatic rings. The highest BCUT2D eigenvalue weighted by atomic mass is 16.4. The third-order valence-electron chi connectivity index (χ3n) is 4.48. The van der Waals surface area contributed by atoms with Gasteiger partial charge in [-0.25, -0.2) is 0 Å². The molecule has 0 bridgehead atoms. The highest BCUT2D eigenvalue weighted by molar-refractivity contribution is 6.10. The van der Waals surface area contributed by atoms with Gasteiger partial charge in [0.15, 0.2) is 0 Å². The van der Waals surface area contributed by atoms with Crippen LogP contribution in [-0.2, 0) is 14.4 Å². The number of nitrogens with zero attached hydrogens (tertiary/aromatic N) is 3. The van der Waals surface area contributed by atoms with E-state index < -0.39 is 17.8 Å². The molecule has 1 saturated heterocycles. The van der Waals surface area contributed by atoms with Crippen molar-refractivity contribution in [2.75, 3.05) is 45.2 Å². The van der Waals surface area contributed by atoms with Crippen LogP contribution in [0.2, 0.25) is 0 Å². The van der Waals surface area contributed by atoms with Gasteiger partial charge in [-0.1, -0.05) is 6.07 Å². The number of anilines is 1. The third kappa shape index (κ3) is 4.82. The van der Waals surface area contributed by atoms with Crippen LogP contribution in [-0.4, -0.2) is 73.0 Å². The number of likely N-dealkylation sites (N-methyl/N-ethyl adjacent to an activating group) is 1. The maximum atomic E-state index is 12.8. The van der Waals surface area contributed by atoms with E-state index >= 15 is 0 Å². The van der Waals surface area contributed by atoms with E-state index in [0.717, 1.165) is 16.8 Å². The monoisotopic (exact) mass is 361 g/mol. The first-order chi connectivity index (χ1) is 12.2. The lowest BCUT2D eigenvalue weighted by atomic mass is 10.1. The fourth-order valence-electron chi connectivity index (χ4n) is 3.24. The van der Waals surface area contributed by atoms with E-state index in [9.17, 15) is 14.4 Å². The largest absolute Gasteiger partial charge is 0.480 e. The van der Waals surface area contributed by atoms with Gasteiger partial charge >= 0.3 is 5.97 Å². The van der Waals surface area contributed by atoms with Gasteiger partial charge in [0, 0.05) is 25.3 Å². The van der Waals surface area contributed by atoms with Gasteiger partial charge in [-0.05, 0) is 57.6 Å². The summed E-state index contributed by atoms with van der Waals surface area (Å²) in [5.74, 6) is -2.53. The van der Waals surface area contributed by atoms with Gasteiger partial charge in [0.05, 0.1) is 0 Å². The van der Waals surface area contributed by atoms with Gasteiger partial charge in [-0.3, -0.25) is 14.4 Å². The SMILES string of the molecule is Cc1cc(C)cc(N2CC[C@@H](C(=O)N(CCN(C)C)CC(=O)O)C2=O)c1. The summed E-state index contributed by atoms with van der Waals surface area (Å²) < 4.78 is 0. The molecule has 1 aliphatic heterocycles. The van der Waals surface area contributed by atoms with Crippen LogP contribution >= 0.6 is 0 Å². The van der Waals surface area contributed by atoms with Crippen molar-refractivity contribution in [3.8, 4) is 0 Å². The Labute approximate surface area is 154 Å². The summed E-state index contributed by atoms with van der Waals surface area (Å²) in [5.41, 5.74) is 2.91. The molecule has 1 N–H and O–H groups in total. The van der Waals surface area contributed by atoms with Crippen LogP contribution < -0.4 is 4.90 Å². The molecule has 0 aliphatic carbocycles. The van der Waals surface area contributed by atoms with Crippen molar-refractivity contribution in [1.82, 2.24) is 9.80 Å². The van der Waals surface area contributed by atoms with E-state index in [-0.39, 0.29) is 19.0 Å². The Bertz CT molecular complexity index is 682. The topological polar surface area (TPSA) is 81.2 Å². The number of benzene rings is 1. The first-order valence-electron chi connectivity index (χ1n) is 8.74. The number of aliphatic carboxylic acids is 1. The molecule has 0 spiro atoms. The second-order valence-corrected chi connectivity index (χ2v) is 7.13. The molecule has 1 aromatic carbocycles. The molecule has 0 saturated carbocycles. The molecular weight excluding hydrogens is 334 g/mol. The summed E-state index contributed by atoms with van der Waals surface area (Å²) in [4.78, 5) is 41.5. The molecular formula is C19H27N3O4. The summed E-state index contributed by atoms with van der Waals surface area (Å²) in [6.45, 7) is 4.84. The number of aryl methyl sites for hydroxylation is 2. The standard InChI is InChI=1S/C19H27N3O4/c1-13-9-14(2)11-15(10-13)22-6-5-16(19(22)26)18(25)21(12-17(23)24)8-7-20(3)4/h9-11,16H,5-8,12H2,1-4H3,(H,23,24)/t16-/m0/s1. The zero-order valence-corrected chi connectivity index (χ0v) is 15.9. The molecule has 2 rings (SSSR count). The van der Waals surface area contributed by atoms with Crippen molar-refractivity contribution >= 4 is 23.5 Å². The Balaban J connectivity index is 2.15. The number of hydrogen-bond acceptors (Lipinski definition) is 4. The average Bonchev–Trinajstić information content (AvgIpc) is 2.91. The number of carbonyl (C=O) groups is 3. The minimum atomic E-state index is -1.08. The van der Waals surface area contributed by atoms with Crippen LogP contribution in [0.3, 0.4) is 0 Å². The van der Waals surface area contributed by atoms with Gasteiger partial charge in [-0.2, -0.15) is 0 Å². The summed E-state index contributed by atoms with van der Waals surface area (Å²) in [7, 11) is 3.71. The predicted molar refractivity (Wildman–Crippen MR) is 99.1 cm³/mol. The smallest absolute Gasteiger partial charge is 0.323 e. The molecule has 7 nitrogen and oxygen atoms in total. The van der Waals surface area contributed by atoms with E-state index in [1.807, 2.05) is 51.0 Å². The van der Waals surface area contributed by atoms with Gasteiger partial charge in [0.1, 0.15) is 12.5 Å². The van der Waals surface area contributed by atoms with Crippen LogP contribution in [0.5, 0.6) is 0 Å². The molecule has 0 radical (unpaired) electrons. The zero-order chi connectivity index (χ0) is 19.4. The van der Waals surface area contributed by atoms with Gasteiger partial charge in [0.2, 0.25) is 11.8 Å². The summed E-state index contributed by atoms with van der Waals surface area (Å²) in [5, 5.41) is 9.09. The van der Waals surface area contributed by atoms with Crippen molar-refractivity contribution in [3.63, 3.8) is 0 Å². The Morgan fingerprint density at radius 3 is 2.31 bits per heavy atom. The molecule has 0 unspecified atom stereocenters. The Morgan fingerprint density at radius 1 is 1.15 bits per heavy atom. The second kappa shape index (κ2) is 8.31. The lowest BCUT2D eigenvalue weighted by molar-refractivity contribution is -0.148. The van der Waals surface area contributed by atoms with Crippen molar-refractivity contribution in [3.05, 3.63) is 29.3 Å². The maximum Gasteiger partial charge on any atom is 0.323 e. The number of carboxylic acid groups (broad SMARTS) is 1. The number of hydrogen-bond donors (Lipinski definition) is 1. The third-order valence-corrected chi connectivity index (χ3v) is 4.48. The average molecular weight is 361 g/mol. The summed E-state index contributed by atoms with van der Waals surface area (Å²) in [6, 6.07) is 5.89. The van der Waals surface area contributed by atoms with E-state index in [1.165, 1.54) is 4.90 Å². The van der Waals surface area contributed by atoms with Crippen molar-refractivity contribution in [1.29, 1.82) is 0 Å². The van der Waals surface area contributed by atoms with Gasteiger partial charge < -0.3 is 19.8 Å². The van der Waals surface area contributed by atoms with Crippen LogP contribution in [0, 0.1) is 19.8 Å². The fourth-order valence-corrected chi connectivity index (χ4v) is 3.24. The number of carboxylic acids is 1. The van der Waals surface area contributed by atoms with Crippen LogP contribution in [0.25, 0.3) is 0 Å². The molecule has 142 valence electrons. The molecule has 1 fully saturated rings. The molecule has 26 heavy (non-hydrogen) atoms. The van der Waals surface area contributed by atoms with E-state index in [4.69, 9.17) is 5.11 Å². The Kier molecular flexibility index (Phi) is 6.37. The summed E-state index contributed by atoms with van der Waals surface area (Å²) in [6.07, 6.45) is 0.405. The fraction of sp³-hybridized carbons (Fsp3) is 0.526. The van der Waals surface area contributed by atoms with E-state index in [1.54, 1.807) is 4.90 Å². The summed E-state index contributed by atoms with van der Waals surface area (Å²) >= 11 is 0. The Morgan fingerprint density at radius 2 is 1.77 bits per heavy atom. The zero-order valence-electron chi connectivity index (χ0n) is 15.9. The van der Waals surface area contributed by atoms with Crippen molar-refractivity contribution < 1.29 is 19.5 Å². The number of rotatable bonds is 7. The first kappa shape index (κ1) is 19.9. The molecule has 0 aromatic heterocycles. The first-order valence-corrected chi connectivity index (χ1v) is 8.74. The molecule has 2 amide bonds. The molecule has 1 heterocycles. The normalized spacial score (nSPS) is 17.0. The molecule has 1 aromatic rings. The van der Waals surface area contributed by atoms with Gasteiger partial charge in [0.25, 0.3) is 0 Å². The van der Waals surface area contributed by atoms with Crippen LogP contribution in [0.4, 0.5) is 5.69 Å². The lowest BCUT2D eigenvalue weighted by Crippen LogP contribution is -2.45. The quantitative estimate of drug-likeness (QED) is 0.737. The number of amides is 2. The van der Waals surface area contributed by atoms with E-state index in [0.29, 0.717) is 19.5 Å². The minimum absolute atomic E-state index is 0.250. The molecule has 1 atom stereocenters. The number of carbonyl (C=O) groups excluding carboxylic acids is 2. The molecule has 7 heteroatoms. The lowest BCUT2D eigenvalue weighted by Gasteiger charge is -2.25. The van der Waals surface area contributed by atoms with Gasteiger partial charge in [-0.15, -0.1) is 0 Å². The second-order valence-electron chi connectivity index (χ2n) is 7.13. The van der Waals surface area contributed by atoms with Crippen LogP contribution in [0.15, 0.2) is 18.2 Å². The highest BCUT2D eigenvalue weighted by Crippen LogP contribution is 2.28. The van der Waals surface area contributed by atoms with Crippen molar-refractivity contribution in [2.24, 2.45) is 5.92 Å². The van der Waals surface area contributed by atoms with Crippen LogP contribution in [0.1, 0.15) is 17.5 Å². The highest BCUT2D eigenvalue weighted by Gasteiger charge is 2.40.